The SMILES string of the molecule is Br.CN(CCC=C1c2ccccc2CCc2ccccc21)CCc1ccccc1. The quantitative estimate of drug-likeness (QED) is 0.424. The second-order valence-electron chi connectivity index (χ2n) is 7.76. The maximum atomic E-state index is 2.46. The van der Waals surface area contributed by atoms with Gasteiger partial charge in [0.1, 0.15) is 0 Å². The van der Waals surface area contributed by atoms with Crippen molar-refractivity contribution in [3.05, 3.63) is 113 Å². The third-order valence-corrected chi connectivity index (χ3v) is 5.76. The van der Waals surface area contributed by atoms with Crippen molar-refractivity contribution < 1.29 is 0 Å². The van der Waals surface area contributed by atoms with Gasteiger partial charge in [0, 0.05) is 13.1 Å². The first-order valence-corrected chi connectivity index (χ1v) is 10.4. The molecule has 0 amide bonds. The average Bonchev–Trinajstić information content (AvgIpc) is 2.90. The highest BCUT2D eigenvalue weighted by Crippen LogP contribution is 2.33. The van der Waals surface area contributed by atoms with E-state index in [1.165, 1.54) is 33.4 Å². The summed E-state index contributed by atoms with van der Waals surface area (Å²) >= 11 is 0. The molecule has 150 valence electrons. The topological polar surface area (TPSA) is 3.24 Å². The monoisotopic (exact) mass is 447 g/mol. The summed E-state index contributed by atoms with van der Waals surface area (Å²) in [5, 5.41) is 0. The molecule has 0 bridgehead atoms. The zero-order chi connectivity index (χ0) is 19.2. The van der Waals surface area contributed by atoms with Gasteiger partial charge in [0.2, 0.25) is 0 Å². The standard InChI is InChI=1S/C27H29N.BrH/c1-28(21-19-22-10-3-2-4-11-22)20-9-16-27-25-14-7-5-12-23(25)17-18-24-13-6-8-15-26(24)27;/h2-8,10-16H,9,17-21H2,1H3;1H. The van der Waals surface area contributed by atoms with E-state index >= 15 is 0 Å². The molecule has 0 spiro atoms. The van der Waals surface area contributed by atoms with Crippen LogP contribution in [0.4, 0.5) is 0 Å². The van der Waals surface area contributed by atoms with Crippen LogP contribution in [0.25, 0.3) is 5.57 Å². The van der Waals surface area contributed by atoms with Crippen LogP contribution in [0.2, 0.25) is 0 Å². The van der Waals surface area contributed by atoms with E-state index in [0.717, 1.165) is 38.8 Å². The molecule has 0 atom stereocenters. The summed E-state index contributed by atoms with van der Waals surface area (Å²) in [6.45, 7) is 2.18. The molecular weight excluding hydrogens is 418 g/mol. The van der Waals surface area contributed by atoms with Gasteiger partial charge >= 0.3 is 0 Å². The summed E-state index contributed by atoms with van der Waals surface area (Å²) in [6.07, 6.45) is 6.90. The Morgan fingerprint density at radius 2 is 1.28 bits per heavy atom. The molecule has 1 aliphatic rings. The van der Waals surface area contributed by atoms with E-state index in [-0.39, 0.29) is 17.0 Å². The summed E-state index contributed by atoms with van der Waals surface area (Å²) in [7, 11) is 2.23. The number of aryl methyl sites for hydroxylation is 2. The van der Waals surface area contributed by atoms with Crippen molar-refractivity contribution >= 4 is 22.6 Å². The molecule has 1 aliphatic carbocycles. The number of halogens is 1. The summed E-state index contributed by atoms with van der Waals surface area (Å²) in [4.78, 5) is 2.44. The second-order valence-corrected chi connectivity index (χ2v) is 7.76. The summed E-state index contributed by atoms with van der Waals surface area (Å²) in [5.41, 5.74) is 8.61. The Hall–Kier alpha value is -2.16. The average molecular weight is 448 g/mol. The zero-order valence-corrected chi connectivity index (χ0v) is 18.9. The third-order valence-electron chi connectivity index (χ3n) is 5.76. The molecule has 0 saturated carbocycles. The number of rotatable bonds is 6. The highest BCUT2D eigenvalue weighted by molar-refractivity contribution is 8.93. The highest BCUT2D eigenvalue weighted by Gasteiger charge is 2.17. The maximum Gasteiger partial charge on any atom is 0.00189 e. The van der Waals surface area contributed by atoms with Gasteiger partial charge in [0.15, 0.2) is 0 Å². The normalized spacial score (nSPS) is 12.6. The summed E-state index contributed by atoms with van der Waals surface area (Å²) in [6, 6.07) is 28.6. The van der Waals surface area contributed by atoms with Gasteiger partial charge in [0.05, 0.1) is 0 Å². The number of hydrogen-bond acceptors (Lipinski definition) is 1. The fourth-order valence-corrected chi connectivity index (χ4v) is 4.14. The minimum absolute atomic E-state index is 0. The first-order chi connectivity index (χ1) is 13.8. The minimum Gasteiger partial charge on any atom is -0.306 e. The van der Waals surface area contributed by atoms with E-state index in [1.54, 1.807) is 0 Å². The number of likely N-dealkylation sites (N-methyl/N-ethyl adjacent to an activating group) is 1. The Morgan fingerprint density at radius 1 is 0.724 bits per heavy atom. The lowest BCUT2D eigenvalue weighted by atomic mass is 9.93. The minimum atomic E-state index is 0. The lowest BCUT2D eigenvalue weighted by Crippen LogP contribution is -2.22. The molecule has 0 N–H and O–H groups in total. The predicted molar refractivity (Wildman–Crippen MR) is 130 cm³/mol. The molecule has 2 heteroatoms. The Balaban J connectivity index is 0.00000240. The van der Waals surface area contributed by atoms with E-state index in [0.29, 0.717) is 0 Å². The lowest BCUT2D eigenvalue weighted by molar-refractivity contribution is 0.345. The molecule has 0 radical (unpaired) electrons. The van der Waals surface area contributed by atoms with E-state index in [1.807, 2.05) is 0 Å². The van der Waals surface area contributed by atoms with Crippen molar-refractivity contribution in [2.45, 2.75) is 25.7 Å². The molecule has 0 aliphatic heterocycles. The molecule has 4 rings (SSSR count). The van der Waals surface area contributed by atoms with Crippen LogP contribution in [0.15, 0.2) is 84.9 Å². The predicted octanol–water partition coefficient (Wildman–Crippen LogP) is 6.36. The van der Waals surface area contributed by atoms with Crippen molar-refractivity contribution in [3.63, 3.8) is 0 Å². The van der Waals surface area contributed by atoms with Gasteiger partial charge < -0.3 is 4.90 Å². The Bertz CT molecular complexity index is 896. The fraction of sp³-hybridized carbons (Fsp3) is 0.259. The zero-order valence-electron chi connectivity index (χ0n) is 17.2. The van der Waals surface area contributed by atoms with Gasteiger partial charge in [-0.1, -0.05) is 84.9 Å². The van der Waals surface area contributed by atoms with Crippen molar-refractivity contribution in [2.24, 2.45) is 0 Å². The lowest BCUT2D eigenvalue weighted by Gasteiger charge is -2.17. The molecule has 3 aromatic rings. The van der Waals surface area contributed by atoms with Gasteiger partial charge in [-0.25, -0.2) is 0 Å². The van der Waals surface area contributed by atoms with Crippen LogP contribution in [-0.4, -0.2) is 25.0 Å². The molecular formula is C27H30BrN. The van der Waals surface area contributed by atoms with Gasteiger partial charge in [-0.05, 0) is 66.1 Å². The third kappa shape index (κ3) is 5.46. The van der Waals surface area contributed by atoms with Crippen molar-refractivity contribution in [2.75, 3.05) is 20.1 Å². The van der Waals surface area contributed by atoms with Crippen molar-refractivity contribution in [1.82, 2.24) is 4.90 Å². The number of benzene rings is 3. The van der Waals surface area contributed by atoms with Gasteiger partial charge in [-0.15, -0.1) is 17.0 Å². The highest BCUT2D eigenvalue weighted by atomic mass is 79.9. The molecule has 0 unspecified atom stereocenters. The molecule has 0 fully saturated rings. The number of nitrogens with zero attached hydrogens (tertiary/aromatic N) is 1. The molecule has 0 saturated heterocycles. The molecule has 3 aromatic carbocycles. The van der Waals surface area contributed by atoms with Crippen LogP contribution < -0.4 is 0 Å². The first-order valence-electron chi connectivity index (χ1n) is 10.4. The Kier molecular flexibility index (Phi) is 7.85. The molecule has 29 heavy (non-hydrogen) atoms. The van der Waals surface area contributed by atoms with Crippen molar-refractivity contribution in [3.8, 4) is 0 Å². The van der Waals surface area contributed by atoms with Crippen LogP contribution >= 0.6 is 17.0 Å². The molecule has 0 heterocycles. The van der Waals surface area contributed by atoms with Gasteiger partial charge in [0.25, 0.3) is 0 Å². The number of hydrogen-bond donors (Lipinski definition) is 0. The molecule has 0 aromatic heterocycles. The number of fused-ring (bicyclic) bond motifs is 2. The fourth-order valence-electron chi connectivity index (χ4n) is 4.14. The van der Waals surface area contributed by atoms with Crippen LogP contribution in [0.3, 0.4) is 0 Å². The van der Waals surface area contributed by atoms with Gasteiger partial charge in [-0.2, -0.15) is 0 Å². The second kappa shape index (κ2) is 10.6. The molecule has 1 nitrogen and oxygen atoms in total. The van der Waals surface area contributed by atoms with Crippen LogP contribution in [0.1, 0.15) is 34.2 Å². The van der Waals surface area contributed by atoms with E-state index in [4.69, 9.17) is 0 Å². The summed E-state index contributed by atoms with van der Waals surface area (Å²) < 4.78 is 0. The van der Waals surface area contributed by atoms with Crippen LogP contribution in [0.5, 0.6) is 0 Å². The van der Waals surface area contributed by atoms with Crippen molar-refractivity contribution in [1.29, 1.82) is 0 Å². The first kappa shape index (κ1) is 21.5. The smallest absolute Gasteiger partial charge is 0.00189 e. The van der Waals surface area contributed by atoms with Crippen LogP contribution in [0, 0.1) is 0 Å². The van der Waals surface area contributed by atoms with E-state index in [2.05, 4.69) is 96.9 Å². The van der Waals surface area contributed by atoms with Crippen LogP contribution in [-0.2, 0) is 19.3 Å². The van der Waals surface area contributed by atoms with Gasteiger partial charge in [-0.3, -0.25) is 0 Å². The van der Waals surface area contributed by atoms with E-state index < -0.39 is 0 Å². The Morgan fingerprint density at radius 3 is 1.90 bits per heavy atom. The Labute approximate surface area is 185 Å². The summed E-state index contributed by atoms with van der Waals surface area (Å²) in [5.74, 6) is 0. The van der Waals surface area contributed by atoms with E-state index in [9.17, 15) is 0 Å². The maximum absolute atomic E-state index is 2.46. The largest absolute Gasteiger partial charge is 0.306 e.